The number of aliphatic imine (C=N–C) groups is 1. The van der Waals surface area contributed by atoms with Crippen molar-refractivity contribution in [1.29, 1.82) is 0 Å². The number of hydrogen-bond donors (Lipinski definition) is 2. The average Bonchev–Trinajstić information content (AvgIpc) is 2.51. The molecule has 0 saturated carbocycles. The molecule has 1 unspecified atom stereocenters. The van der Waals surface area contributed by atoms with Crippen LogP contribution in [0.2, 0.25) is 0 Å². The highest BCUT2D eigenvalue weighted by atomic mass is 32.1. The van der Waals surface area contributed by atoms with Crippen LogP contribution in [0.25, 0.3) is 0 Å². The summed E-state index contributed by atoms with van der Waals surface area (Å²) in [6.45, 7) is 2.07. The maximum absolute atomic E-state index is 5.31. The van der Waals surface area contributed by atoms with Crippen molar-refractivity contribution in [2.45, 2.75) is 19.4 Å². The van der Waals surface area contributed by atoms with Crippen LogP contribution in [0, 0.1) is 0 Å². The zero-order valence-corrected chi connectivity index (χ0v) is 7.84. The molecule has 1 atom stereocenters. The normalized spacial score (nSPS) is 12.4. The Bertz CT molecular complexity index is 249. The number of hydrogen-bond acceptors (Lipinski definition) is 2. The fourth-order valence-electron chi connectivity index (χ4n) is 1.02. The minimum atomic E-state index is 0.134. The van der Waals surface area contributed by atoms with E-state index in [1.54, 1.807) is 11.3 Å². The lowest BCUT2D eigenvalue weighted by atomic mass is 10.2. The van der Waals surface area contributed by atoms with Crippen LogP contribution in [0.5, 0.6) is 0 Å². The van der Waals surface area contributed by atoms with E-state index in [4.69, 9.17) is 11.5 Å². The van der Waals surface area contributed by atoms with Crippen molar-refractivity contribution in [3.8, 4) is 0 Å². The topological polar surface area (TPSA) is 64.4 Å². The van der Waals surface area contributed by atoms with Gasteiger partial charge in [0, 0.05) is 4.88 Å². The van der Waals surface area contributed by atoms with Crippen LogP contribution in [0.4, 0.5) is 0 Å². The lowest BCUT2D eigenvalue weighted by Gasteiger charge is -2.06. The molecule has 66 valence electrons. The summed E-state index contributed by atoms with van der Waals surface area (Å²) in [4.78, 5) is 5.33. The van der Waals surface area contributed by atoms with Gasteiger partial charge in [-0.25, -0.2) is 4.99 Å². The Morgan fingerprint density at radius 2 is 2.42 bits per heavy atom. The van der Waals surface area contributed by atoms with E-state index in [9.17, 15) is 0 Å². The van der Waals surface area contributed by atoms with Gasteiger partial charge in [0.1, 0.15) is 0 Å². The zero-order chi connectivity index (χ0) is 8.97. The van der Waals surface area contributed by atoms with E-state index in [0.717, 1.165) is 6.42 Å². The second-order valence-electron chi connectivity index (χ2n) is 2.49. The summed E-state index contributed by atoms with van der Waals surface area (Å²) in [5.74, 6) is 0.162. The summed E-state index contributed by atoms with van der Waals surface area (Å²) < 4.78 is 0. The van der Waals surface area contributed by atoms with Crippen LogP contribution in [-0.2, 0) is 0 Å². The standard InChI is InChI=1S/C8H13N3S/c1-2-6(11-8(9)10)7-4-3-5-12-7/h3-6H,2H2,1H3,(H4,9,10,11). The van der Waals surface area contributed by atoms with Crippen molar-refractivity contribution < 1.29 is 0 Å². The second-order valence-corrected chi connectivity index (χ2v) is 3.47. The fourth-order valence-corrected chi connectivity index (χ4v) is 1.86. The van der Waals surface area contributed by atoms with E-state index in [1.165, 1.54) is 4.88 Å². The number of thiophene rings is 1. The minimum absolute atomic E-state index is 0.134. The number of nitrogens with two attached hydrogens (primary N) is 2. The van der Waals surface area contributed by atoms with Gasteiger partial charge in [-0.05, 0) is 17.9 Å². The largest absolute Gasteiger partial charge is 0.370 e. The molecule has 0 aliphatic carbocycles. The molecule has 0 aromatic carbocycles. The average molecular weight is 183 g/mol. The molecule has 1 rings (SSSR count). The molecular formula is C8H13N3S. The van der Waals surface area contributed by atoms with Crippen LogP contribution >= 0.6 is 11.3 Å². The van der Waals surface area contributed by atoms with Crippen LogP contribution in [0.15, 0.2) is 22.5 Å². The van der Waals surface area contributed by atoms with E-state index < -0.39 is 0 Å². The molecule has 12 heavy (non-hydrogen) atoms. The first-order valence-electron chi connectivity index (χ1n) is 3.86. The fraction of sp³-hybridized carbons (Fsp3) is 0.375. The third kappa shape index (κ3) is 2.23. The van der Waals surface area contributed by atoms with Gasteiger partial charge in [-0.15, -0.1) is 11.3 Å². The van der Waals surface area contributed by atoms with E-state index in [0.29, 0.717) is 0 Å². The van der Waals surface area contributed by atoms with Gasteiger partial charge in [0.2, 0.25) is 0 Å². The van der Waals surface area contributed by atoms with Crippen LogP contribution in [-0.4, -0.2) is 5.96 Å². The van der Waals surface area contributed by atoms with Crippen LogP contribution in [0.1, 0.15) is 24.3 Å². The maximum Gasteiger partial charge on any atom is 0.186 e. The third-order valence-electron chi connectivity index (χ3n) is 1.56. The smallest absolute Gasteiger partial charge is 0.186 e. The van der Waals surface area contributed by atoms with Gasteiger partial charge < -0.3 is 11.5 Å². The van der Waals surface area contributed by atoms with Gasteiger partial charge in [0.25, 0.3) is 0 Å². The molecule has 0 spiro atoms. The molecule has 4 N–H and O–H groups in total. The first kappa shape index (κ1) is 9.06. The highest BCUT2D eigenvalue weighted by Gasteiger charge is 2.07. The molecule has 0 amide bonds. The monoisotopic (exact) mass is 183 g/mol. The summed E-state index contributed by atoms with van der Waals surface area (Å²) in [5.41, 5.74) is 10.6. The van der Waals surface area contributed by atoms with Crippen LogP contribution < -0.4 is 11.5 Å². The summed E-state index contributed by atoms with van der Waals surface area (Å²) in [6.07, 6.45) is 0.929. The molecule has 0 aliphatic heterocycles. The van der Waals surface area contributed by atoms with Crippen molar-refractivity contribution in [3.05, 3.63) is 22.4 Å². The van der Waals surface area contributed by atoms with Crippen molar-refractivity contribution >= 4 is 17.3 Å². The zero-order valence-electron chi connectivity index (χ0n) is 7.03. The van der Waals surface area contributed by atoms with Crippen molar-refractivity contribution in [3.63, 3.8) is 0 Å². The Balaban J connectivity index is 2.77. The number of nitrogens with zero attached hydrogens (tertiary/aromatic N) is 1. The quantitative estimate of drug-likeness (QED) is 0.550. The molecule has 0 bridgehead atoms. The van der Waals surface area contributed by atoms with Gasteiger partial charge in [-0.2, -0.15) is 0 Å². The lowest BCUT2D eigenvalue weighted by Crippen LogP contribution is -2.23. The minimum Gasteiger partial charge on any atom is -0.370 e. The van der Waals surface area contributed by atoms with Gasteiger partial charge >= 0.3 is 0 Å². The van der Waals surface area contributed by atoms with E-state index in [1.807, 2.05) is 17.5 Å². The second kappa shape index (κ2) is 4.11. The third-order valence-corrected chi connectivity index (χ3v) is 2.54. The molecule has 0 saturated heterocycles. The molecule has 1 aromatic heterocycles. The van der Waals surface area contributed by atoms with Crippen LogP contribution in [0.3, 0.4) is 0 Å². The Labute approximate surface area is 76.1 Å². The highest BCUT2D eigenvalue weighted by molar-refractivity contribution is 7.10. The number of rotatable bonds is 3. The number of guanidine groups is 1. The van der Waals surface area contributed by atoms with Gasteiger partial charge in [0.05, 0.1) is 6.04 Å². The lowest BCUT2D eigenvalue weighted by molar-refractivity contribution is 0.712. The Morgan fingerprint density at radius 3 is 2.83 bits per heavy atom. The summed E-state index contributed by atoms with van der Waals surface area (Å²) >= 11 is 1.68. The highest BCUT2D eigenvalue weighted by Crippen LogP contribution is 2.24. The molecule has 1 aromatic rings. The summed E-state index contributed by atoms with van der Waals surface area (Å²) in [7, 11) is 0. The van der Waals surface area contributed by atoms with Crippen molar-refractivity contribution in [2.24, 2.45) is 16.5 Å². The predicted molar refractivity (Wildman–Crippen MR) is 53.2 cm³/mol. The first-order chi connectivity index (χ1) is 5.74. The van der Waals surface area contributed by atoms with Gasteiger partial charge in [0.15, 0.2) is 5.96 Å². The molecular weight excluding hydrogens is 170 g/mol. The van der Waals surface area contributed by atoms with Gasteiger partial charge in [-0.1, -0.05) is 13.0 Å². The molecule has 1 heterocycles. The first-order valence-corrected chi connectivity index (χ1v) is 4.74. The van der Waals surface area contributed by atoms with Crippen molar-refractivity contribution in [1.82, 2.24) is 0 Å². The Kier molecular flexibility index (Phi) is 3.10. The summed E-state index contributed by atoms with van der Waals surface area (Å²) in [6, 6.07) is 4.19. The SMILES string of the molecule is CCC(N=C(N)N)c1cccs1. The van der Waals surface area contributed by atoms with Crippen molar-refractivity contribution in [2.75, 3.05) is 0 Å². The van der Waals surface area contributed by atoms with Gasteiger partial charge in [-0.3, -0.25) is 0 Å². The summed E-state index contributed by atoms with van der Waals surface area (Å²) in [5, 5.41) is 2.03. The van der Waals surface area contributed by atoms with E-state index in [2.05, 4.69) is 11.9 Å². The molecule has 3 nitrogen and oxygen atoms in total. The Hall–Kier alpha value is -1.03. The Morgan fingerprint density at radius 1 is 1.67 bits per heavy atom. The maximum atomic E-state index is 5.31. The molecule has 0 radical (unpaired) electrons. The van der Waals surface area contributed by atoms with E-state index >= 15 is 0 Å². The van der Waals surface area contributed by atoms with E-state index in [-0.39, 0.29) is 12.0 Å². The predicted octanol–water partition coefficient (Wildman–Crippen LogP) is 1.47. The molecule has 4 heteroatoms. The molecule has 0 fully saturated rings. The molecule has 0 aliphatic rings.